The molecule has 1 aliphatic heterocycles. The van der Waals surface area contributed by atoms with Crippen LogP contribution in [0.4, 0.5) is 0 Å². The van der Waals surface area contributed by atoms with Gasteiger partial charge in [-0.15, -0.1) is 0 Å². The zero-order valence-electron chi connectivity index (χ0n) is 9.62. The minimum atomic E-state index is -0.00262. The molecule has 15 heavy (non-hydrogen) atoms. The maximum Gasteiger partial charge on any atom is 0.217 e. The lowest BCUT2D eigenvalue weighted by atomic mass is 10.0. The third-order valence-electron chi connectivity index (χ3n) is 2.51. The van der Waals surface area contributed by atoms with Gasteiger partial charge in [-0.2, -0.15) is 0 Å². The molecule has 1 unspecified atom stereocenters. The monoisotopic (exact) mass is 219 g/mol. The van der Waals surface area contributed by atoms with E-state index in [9.17, 15) is 4.79 Å². The molecular weight excluding hydrogens is 194 g/mol. The third kappa shape index (κ3) is 5.74. The van der Waals surface area contributed by atoms with Gasteiger partial charge in [-0.05, 0) is 25.7 Å². The molecule has 1 saturated heterocycles. The van der Waals surface area contributed by atoms with Crippen LogP contribution in [-0.2, 0) is 14.3 Å². The van der Waals surface area contributed by atoms with E-state index < -0.39 is 0 Å². The highest BCUT2D eigenvalue weighted by atomic mass is 16.5. The van der Waals surface area contributed by atoms with Gasteiger partial charge in [-0.25, -0.2) is 0 Å². The van der Waals surface area contributed by atoms with E-state index in [1.165, 1.54) is 6.92 Å². The van der Waals surface area contributed by atoms with Crippen molar-refractivity contribution in [3.63, 3.8) is 0 Å². The molecule has 0 aromatic carbocycles. The van der Waals surface area contributed by atoms with Crippen LogP contribution in [0.25, 0.3) is 0 Å². The highest BCUT2D eigenvalue weighted by molar-refractivity contribution is 5.73. The second-order valence-corrected chi connectivity index (χ2v) is 4.19. The predicted octanol–water partition coefficient (Wildman–Crippen LogP) is 1.45. The Morgan fingerprint density at radius 1 is 1.60 bits per heavy atom. The van der Waals surface area contributed by atoms with Crippen LogP contribution in [0.5, 0.6) is 0 Å². The number of amides is 1. The summed E-state index contributed by atoms with van der Waals surface area (Å²) in [6.07, 6.45) is 2.18. The summed E-state index contributed by atoms with van der Waals surface area (Å²) in [7, 11) is 0. The first kappa shape index (κ1) is 12.5. The Morgan fingerprint density at radius 3 is 2.87 bits per heavy atom. The molecule has 0 spiro atoms. The molecule has 4 nitrogen and oxygen atoms in total. The van der Waals surface area contributed by atoms with E-state index in [-0.39, 0.29) is 14.8 Å². The summed E-state index contributed by atoms with van der Waals surface area (Å²) in [5.74, 6) is 0.625. The molecule has 0 radical (unpaired) electrons. The van der Waals surface area contributed by atoms with Crippen LogP contribution in [0.2, 0.25) is 0 Å². The number of carbonyl (C=O) groups is 1. The van der Waals surface area contributed by atoms with E-state index in [4.69, 9.17) is 9.47 Å². The highest BCUT2D eigenvalue weighted by Gasteiger charge is 2.14. The van der Waals surface area contributed by atoms with Crippen molar-refractivity contribution >= 4 is 5.91 Å². The summed E-state index contributed by atoms with van der Waals surface area (Å²) in [4.78, 5) is 10.7. The summed E-state index contributed by atoms with van der Waals surface area (Å²) in [6, 6.07) is 0.0994. The fourth-order valence-electron chi connectivity index (χ4n) is 1.71. The Balaban J connectivity index is 0. The molecular formula is C11H25NO3. The highest BCUT2D eigenvalue weighted by Crippen LogP contribution is 2.14. The lowest BCUT2D eigenvalue weighted by Gasteiger charge is -2.22. The van der Waals surface area contributed by atoms with Gasteiger partial charge in [0.15, 0.2) is 0 Å². The van der Waals surface area contributed by atoms with E-state index in [0.717, 1.165) is 32.7 Å². The van der Waals surface area contributed by atoms with E-state index in [0.29, 0.717) is 12.5 Å². The average molecular weight is 219 g/mol. The normalized spacial score (nSPS) is 19.9. The van der Waals surface area contributed by atoms with Gasteiger partial charge in [-0.1, -0.05) is 0 Å². The summed E-state index contributed by atoms with van der Waals surface area (Å²) < 4.78 is 10.8. The quantitative estimate of drug-likeness (QED) is 0.761. The van der Waals surface area contributed by atoms with Crippen molar-refractivity contribution in [3.8, 4) is 0 Å². The zero-order valence-corrected chi connectivity index (χ0v) is 9.62. The van der Waals surface area contributed by atoms with Gasteiger partial charge >= 0.3 is 0 Å². The standard InChI is InChI=1S/C11H21NO3.2H2/c1-9(12-10(2)13)7-15-8-11-3-5-14-6-4-11;;/h9,11H,3-8H2,1-2H3,(H,12,13);2*1H. The smallest absolute Gasteiger partial charge is 0.217 e. The first-order valence-corrected chi connectivity index (χ1v) is 5.61. The Morgan fingerprint density at radius 2 is 2.27 bits per heavy atom. The van der Waals surface area contributed by atoms with Crippen LogP contribution < -0.4 is 5.32 Å². The number of rotatable bonds is 5. The summed E-state index contributed by atoms with van der Waals surface area (Å²) in [5.41, 5.74) is 0. The van der Waals surface area contributed by atoms with Crippen molar-refractivity contribution in [2.45, 2.75) is 32.7 Å². The van der Waals surface area contributed by atoms with E-state index in [1.54, 1.807) is 0 Å². The van der Waals surface area contributed by atoms with Gasteiger partial charge < -0.3 is 14.8 Å². The number of carbonyl (C=O) groups excluding carboxylic acids is 1. The van der Waals surface area contributed by atoms with E-state index >= 15 is 0 Å². The molecule has 92 valence electrons. The summed E-state index contributed by atoms with van der Waals surface area (Å²) in [5, 5.41) is 2.79. The van der Waals surface area contributed by atoms with Gasteiger partial charge in [0.2, 0.25) is 5.91 Å². The van der Waals surface area contributed by atoms with Gasteiger partial charge in [0.25, 0.3) is 0 Å². The van der Waals surface area contributed by atoms with Gasteiger partial charge in [0.05, 0.1) is 6.61 Å². The summed E-state index contributed by atoms with van der Waals surface area (Å²) in [6.45, 7) is 6.56. The van der Waals surface area contributed by atoms with Crippen LogP contribution in [0, 0.1) is 5.92 Å². The molecule has 1 amide bonds. The predicted molar refractivity (Wildman–Crippen MR) is 61.9 cm³/mol. The largest absolute Gasteiger partial charge is 0.381 e. The third-order valence-corrected chi connectivity index (χ3v) is 2.51. The fourth-order valence-corrected chi connectivity index (χ4v) is 1.71. The molecule has 4 heteroatoms. The Kier molecular flexibility index (Phi) is 5.65. The van der Waals surface area contributed by atoms with Crippen LogP contribution in [0.15, 0.2) is 0 Å². The number of hydrogen-bond acceptors (Lipinski definition) is 3. The van der Waals surface area contributed by atoms with Crippen molar-refractivity contribution in [2.24, 2.45) is 5.92 Å². The molecule has 1 rings (SSSR count). The Labute approximate surface area is 94.3 Å². The molecule has 0 aromatic heterocycles. The second-order valence-electron chi connectivity index (χ2n) is 4.19. The number of nitrogens with one attached hydrogen (secondary N) is 1. The molecule has 1 fully saturated rings. The van der Waals surface area contributed by atoms with Crippen LogP contribution >= 0.6 is 0 Å². The summed E-state index contributed by atoms with van der Waals surface area (Å²) >= 11 is 0. The maximum atomic E-state index is 10.7. The first-order valence-electron chi connectivity index (χ1n) is 5.61. The van der Waals surface area contributed by atoms with Gasteiger partial charge in [0.1, 0.15) is 0 Å². The number of ether oxygens (including phenoxy) is 2. The minimum absolute atomic E-state index is 0. The lowest BCUT2D eigenvalue weighted by molar-refractivity contribution is -0.120. The Bertz CT molecular complexity index is 199. The molecule has 1 atom stereocenters. The molecule has 0 aromatic rings. The topological polar surface area (TPSA) is 47.6 Å². The second kappa shape index (κ2) is 6.80. The zero-order chi connectivity index (χ0) is 11.1. The van der Waals surface area contributed by atoms with Crippen molar-refractivity contribution in [1.82, 2.24) is 5.32 Å². The first-order chi connectivity index (χ1) is 7.18. The van der Waals surface area contributed by atoms with E-state index in [1.807, 2.05) is 6.92 Å². The molecule has 1 N–H and O–H groups in total. The maximum absolute atomic E-state index is 10.7. The van der Waals surface area contributed by atoms with Crippen LogP contribution in [0.1, 0.15) is 29.5 Å². The number of hydrogen-bond donors (Lipinski definition) is 1. The molecule has 0 bridgehead atoms. The Hall–Kier alpha value is -0.610. The average Bonchev–Trinajstić information content (AvgIpc) is 2.18. The molecule has 0 saturated carbocycles. The van der Waals surface area contributed by atoms with Crippen LogP contribution in [-0.4, -0.2) is 38.4 Å². The SMILES string of the molecule is CC(=O)NC(C)COCC1CCOCC1.[HH].[HH]. The molecule has 1 aliphatic rings. The van der Waals surface area contributed by atoms with Gasteiger partial charge in [0, 0.05) is 35.6 Å². The van der Waals surface area contributed by atoms with E-state index in [2.05, 4.69) is 5.32 Å². The molecule has 1 heterocycles. The van der Waals surface area contributed by atoms with Crippen molar-refractivity contribution in [3.05, 3.63) is 0 Å². The van der Waals surface area contributed by atoms with Crippen LogP contribution in [0.3, 0.4) is 0 Å². The minimum Gasteiger partial charge on any atom is -0.381 e. The van der Waals surface area contributed by atoms with Gasteiger partial charge in [-0.3, -0.25) is 4.79 Å². The van der Waals surface area contributed by atoms with Crippen molar-refractivity contribution < 1.29 is 17.1 Å². The fraction of sp³-hybridized carbons (Fsp3) is 0.909. The van der Waals surface area contributed by atoms with Crippen molar-refractivity contribution in [2.75, 3.05) is 26.4 Å². The van der Waals surface area contributed by atoms with Crippen molar-refractivity contribution in [1.29, 1.82) is 0 Å². The lowest BCUT2D eigenvalue weighted by Crippen LogP contribution is -2.35. The molecule has 0 aliphatic carbocycles.